The van der Waals surface area contributed by atoms with Crippen LogP contribution in [-0.2, 0) is 0 Å². The van der Waals surface area contributed by atoms with E-state index in [0.717, 1.165) is 30.3 Å². The van der Waals surface area contributed by atoms with E-state index in [9.17, 15) is 4.79 Å². The number of methoxy groups -OCH3 is 2. The summed E-state index contributed by atoms with van der Waals surface area (Å²) in [5.74, 6) is 1.20. The third kappa shape index (κ3) is 4.63. The predicted molar refractivity (Wildman–Crippen MR) is 92.9 cm³/mol. The van der Waals surface area contributed by atoms with E-state index in [4.69, 9.17) is 9.47 Å². The Morgan fingerprint density at radius 3 is 2.14 bits per heavy atom. The SMILES string of the molecule is CCCCCN(C(=O)c1cc(OC)c(Br)c(OC)c1)C(C)C. The fourth-order valence-electron chi connectivity index (χ4n) is 2.29. The maximum absolute atomic E-state index is 12.8. The normalized spacial score (nSPS) is 10.7. The minimum absolute atomic E-state index is 0.00945. The maximum atomic E-state index is 12.8. The Balaban J connectivity index is 3.07. The largest absolute Gasteiger partial charge is 0.495 e. The molecule has 1 rings (SSSR count). The van der Waals surface area contributed by atoms with Crippen LogP contribution in [0.5, 0.6) is 11.5 Å². The molecule has 0 aromatic heterocycles. The van der Waals surface area contributed by atoms with Crippen LogP contribution >= 0.6 is 15.9 Å². The highest BCUT2D eigenvalue weighted by atomic mass is 79.9. The van der Waals surface area contributed by atoms with Gasteiger partial charge < -0.3 is 14.4 Å². The Kier molecular flexibility index (Phi) is 7.73. The van der Waals surface area contributed by atoms with Crippen LogP contribution in [0.25, 0.3) is 0 Å². The second-order valence-electron chi connectivity index (χ2n) is 5.49. The Morgan fingerprint density at radius 2 is 1.73 bits per heavy atom. The van der Waals surface area contributed by atoms with Crippen LogP contribution in [0.1, 0.15) is 50.4 Å². The van der Waals surface area contributed by atoms with Gasteiger partial charge in [-0.3, -0.25) is 4.79 Å². The number of hydrogen-bond acceptors (Lipinski definition) is 3. The summed E-state index contributed by atoms with van der Waals surface area (Å²) in [5.41, 5.74) is 0.585. The van der Waals surface area contributed by atoms with Crippen molar-refractivity contribution in [2.75, 3.05) is 20.8 Å². The number of unbranched alkanes of at least 4 members (excludes halogenated alkanes) is 2. The molecule has 5 heteroatoms. The molecule has 0 aliphatic heterocycles. The van der Waals surface area contributed by atoms with E-state index in [1.54, 1.807) is 26.4 Å². The van der Waals surface area contributed by atoms with E-state index in [1.165, 1.54) is 0 Å². The molecule has 0 heterocycles. The van der Waals surface area contributed by atoms with Crippen molar-refractivity contribution in [2.24, 2.45) is 0 Å². The molecule has 4 nitrogen and oxygen atoms in total. The first-order chi connectivity index (χ1) is 10.5. The standard InChI is InChI=1S/C17H26BrNO3/c1-6-7-8-9-19(12(2)3)17(20)13-10-14(21-4)16(18)15(11-13)22-5/h10-12H,6-9H2,1-5H3. The lowest BCUT2D eigenvalue weighted by molar-refractivity contribution is 0.0701. The van der Waals surface area contributed by atoms with Crippen molar-refractivity contribution in [1.29, 1.82) is 0 Å². The topological polar surface area (TPSA) is 38.8 Å². The first kappa shape index (κ1) is 18.8. The van der Waals surface area contributed by atoms with Crippen molar-refractivity contribution >= 4 is 21.8 Å². The van der Waals surface area contributed by atoms with Crippen LogP contribution in [0.4, 0.5) is 0 Å². The van der Waals surface area contributed by atoms with Gasteiger partial charge in [-0.15, -0.1) is 0 Å². The molecule has 0 unspecified atom stereocenters. The number of benzene rings is 1. The van der Waals surface area contributed by atoms with Crippen molar-refractivity contribution in [3.05, 3.63) is 22.2 Å². The van der Waals surface area contributed by atoms with Gasteiger partial charge in [-0.05, 0) is 48.3 Å². The smallest absolute Gasteiger partial charge is 0.254 e. The highest BCUT2D eigenvalue weighted by molar-refractivity contribution is 9.10. The number of nitrogens with zero attached hydrogens (tertiary/aromatic N) is 1. The van der Waals surface area contributed by atoms with Gasteiger partial charge in [0.2, 0.25) is 0 Å². The molecule has 0 atom stereocenters. The van der Waals surface area contributed by atoms with E-state index < -0.39 is 0 Å². The maximum Gasteiger partial charge on any atom is 0.254 e. The Labute approximate surface area is 141 Å². The molecule has 0 fully saturated rings. The van der Waals surface area contributed by atoms with Gasteiger partial charge in [-0.1, -0.05) is 19.8 Å². The van der Waals surface area contributed by atoms with Crippen molar-refractivity contribution in [3.63, 3.8) is 0 Å². The molecule has 124 valence electrons. The van der Waals surface area contributed by atoms with Gasteiger partial charge in [0.05, 0.1) is 14.2 Å². The number of halogens is 1. The van der Waals surface area contributed by atoms with Crippen molar-refractivity contribution < 1.29 is 14.3 Å². The Bertz CT molecular complexity index is 478. The summed E-state index contributed by atoms with van der Waals surface area (Å²) >= 11 is 3.43. The number of amides is 1. The lowest BCUT2D eigenvalue weighted by atomic mass is 10.1. The molecule has 1 aromatic rings. The van der Waals surface area contributed by atoms with Crippen molar-refractivity contribution in [2.45, 2.75) is 46.1 Å². The van der Waals surface area contributed by atoms with Crippen LogP contribution in [0.2, 0.25) is 0 Å². The van der Waals surface area contributed by atoms with Gasteiger partial charge in [0.15, 0.2) is 0 Å². The summed E-state index contributed by atoms with van der Waals surface area (Å²) in [5, 5.41) is 0. The third-order valence-corrected chi connectivity index (χ3v) is 4.36. The predicted octanol–water partition coefficient (Wildman–Crippen LogP) is 4.51. The number of ether oxygens (including phenoxy) is 2. The summed E-state index contributed by atoms with van der Waals surface area (Å²) in [7, 11) is 3.16. The quantitative estimate of drug-likeness (QED) is 0.631. The summed E-state index contributed by atoms with van der Waals surface area (Å²) in [4.78, 5) is 14.7. The van der Waals surface area contributed by atoms with Crippen LogP contribution in [0.3, 0.4) is 0 Å². The molecule has 1 aromatic carbocycles. The van der Waals surface area contributed by atoms with Gasteiger partial charge in [-0.25, -0.2) is 0 Å². The average Bonchev–Trinajstić information content (AvgIpc) is 2.50. The van der Waals surface area contributed by atoms with Gasteiger partial charge in [0.1, 0.15) is 16.0 Å². The van der Waals surface area contributed by atoms with Crippen molar-refractivity contribution in [1.82, 2.24) is 4.90 Å². The zero-order valence-corrected chi connectivity index (χ0v) is 15.7. The molecular weight excluding hydrogens is 346 g/mol. The highest BCUT2D eigenvalue weighted by Gasteiger charge is 2.21. The molecule has 0 saturated carbocycles. The fraction of sp³-hybridized carbons (Fsp3) is 0.588. The number of hydrogen-bond donors (Lipinski definition) is 0. The number of carbonyl (C=O) groups is 1. The second kappa shape index (κ2) is 9.03. The Hall–Kier alpha value is -1.23. The fourth-order valence-corrected chi connectivity index (χ4v) is 2.84. The lowest BCUT2D eigenvalue weighted by Gasteiger charge is -2.27. The zero-order valence-electron chi connectivity index (χ0n) is 14.1. The van der Waals surface area contributed by atoms with Crippen LogP contribution < -0.4 is 9.47 Å². The molecule has 0 radical (unpaired) electrons. The lowest BCUT2D eigenvalue weighted by Crippen LogP contribution is -2.37. The Morgan fingerprint density at radius 1 is 1.18 bits per heavy atom. The van der Waals surface area contributed by atoms with Crippen molar-refractivity contribution in [3.8, 4) is 11.5 Å². The van der Waals surface area contributed by atoms with Gasteiger partial charge in [0, 0.05) is 18.2 Å². The highest BCUT2D eigenvalue weighted by Crippen LogP contribution is 2.36. The van der Waals surface area contributed by atoms with Gasteiger partial charge in [-0.2, -0.15) is 0 Å². The minimum Gasteiger partial charge on any atom is -0.495 e. The van der Waals surface area contributed by atoms with Gasteiger partial charge in [0.25, 0.3) is 5.91 Å². The molecule has 0 bridgehead atoms. The zero-order chi connectivity index (χ0) is 16.7. The number of rotatable bonds is 8. The summed E-state index contributed by atoms with van der Waals surface area (Å²) in [6, 6.07) is 3.67. The monoisotopic (exact) mass is 371 g/mol. The van der Waals surface area contributed by atoms with E-state index in [2.05, 4.69) is 22.9 Å². The molecule has 0 N–H and O–H groups in total. The average molecular weight is 372 g/mol. The van der Waals surface area contributed by atoms with E-state index in [0.29, 0.717) is 17.1 Å². The van der Waals surface area contributed by atoms with Crippen LogP contribution in [0.15, 0.2) is 16.6 Å². The molecule has 0 aliphatic rings. The summed E-state index contributed by atoms with van der Waals surface area (Å²) in [6.45, 7) is 7.01. The molecule has 0 saturated heterocycles. The van der Waals surface area contributed by atoms with Crippen LogP contribution in [0, 0.1) is 0 Å². The van der Waals surface area contributed by atoms with E-state index in [1.807, 2.05) is 18.7 Å². The van der Waals surface area contributed by atoms with Crippen LogP contribution in [-0.4, -0.2) is 37.6 Å². The second-order valence-corrected chi connectivity index (χ2v) is 6.29. The first-order valence-electron chi connectivity index (χ1n) is 7.68. The molecule has 1 amide bonds. The summed E-state index contributed by atoms with van der Waals surface area (Å²) < 4.78 is 11.4. The third-order valence-electron chi connectivity index (χ3n) is 3.58. The van der Waals surface area contributed by atoms with E-state index in [-0.39, 0.29) is 11.9 Å². The minimum atomic E-state index is 0.00945. The molecule has 0 spiro atoms. The molecular formula is C17H26BrNO3. The number of carbonyl (C=O) groups excluding carboxylic acids is 1. The van der Waals surface area contributed by atoms with Gasteiger partial charge >= 0.3 is 0 Å². The van der Waals surface area contributed by atoms with E-state index >= 15 is 0 Å². The molecule has 22 heavy (non-hydrogen) atoms. The summed E-state index contributed by atoms with van der Waals surface area (Å²) in [6.07, 6.45) is 3.29. The first-order valence-corrected chi connectivity index (χ1v) is 8.48. The molecule has 0 aliphatic carbocycles.